The van der Waals surface area contributed by atoms with E-state index in [1.54, 1.807) is 24.3 Å². The van der Waals surface area contributed by atoms with Crippen molar-refractivity contribution in [1.82, 2.24) is 19.8 Å². The first kappa shape index (κ1) is 22.0. The summed E-state index contributed by atoms with van der Waals surface area (Å²) >= 11 is 1.62. The zero-order valence-corrected chi connectivity index (χ0v) is 19.3. The van der Waals surface area contributed by atoms with E-state index < -0.39 is 0 Å². The smallest absolute Gasteiger partial charge is 0.251 e. The lowest BCUT2D eigenvalue weighted by Crippen LogP contribution is -2.27. The van der Waals surface area contributed by atoms with Gasteiger partial charge in [-0.25, -0.2) is 4.98 Å². The highest BCUT2D eigenvalue weighted by molar-refractivity contribution is 8.00. The fraction of sp³-hybridized carbons (Fsp3) is 0.148. The summed E-state index contributed by atoms with van der Waals surface area (Å²) in [5.74, 6) is 0.487. The number of benzene rings is 3. The summed E-state index contributed by atoms with van der Waals surface area (Å²) in [5, 5.41) is 2.94. The number of aromatic nitrogens is 2. The van der Waals surface area contributed by atoms with Crippen LogP contribution in [0.1, 0.15) is 32.4 Å². The Hall–Kier alpha value is -3.84. The van der Waals surface area contributed by atoms with E-state index >= 15 is 0 Å². The van der Waals surface area contributed by atoms with Gasteiger partial charge in [0.15, 0.2) is 0 Å². The molecule has 4 aromatic rings. The number of amides is 2. The van der Waals surface area contributed by atoms with Gasteiger partial charge in [0.2, 0.25) is 5.91 Å². The monoisotopic (exact) mass is 468 g/mol. The van der Waals surface area contributed by atoms with Gasteiger partial charge in [-0.2, -0.15) is 0 Å². The van der Waals surface area contributed by atoms with Gasteiger partial charge in [0.25, 0.3) is 5.91 Å². The van der Waals surface area contributed by atoms with Gasteiger partial charge in [0.05, 0.1) is 12.1 Å². The molecule has 1 fully saturated rings. The van der Waals surface area contributed by atoms with Crippen LogP contribution in [0.2, 0.25) is 0 Å². The molecule has 5 rings (SSSR count). The molecule has 3 aromatic carbocycles. The largest absolute Gasteiger partial charge is 0.348 e. The van der Waals surface area contributed by atoms with E-state index in [0.717, 1.165) is 22.4 Å². The number of nitrogens with one attached hydrogen (secondary N) is 1. The molecule has 6 nitrogen and oxygen atoms in total. The number of rotatable bonds is 7. The number of imidazole rings is 1. The first-order chi connectivity index (χ1) is 16.7. The molecule has 1 aliphatic rings. The van der Waals surface area contributed by atoms with Crippen molar-refractivity contribution in [3.63, 3.8) is 0 Å². The van der Waals surface area contributed by atoms with Crippen LogP contribution in [-0.2, 0) is 17.9 Å². The summed E-state index contributed by atoms with van der Waals surface area (Å²) in [6.45, 7) is 1.03. The quantitative estimate of drug-likeness (QED) is 0.431. The number of carbonyl (C=O) groups excluding carboxylic acids is 2. The SMILES string of the molecule is O=C(NCc1ccc(-n2ccnc2)cc1)c1ccc([C@@H]2SCC(=O)N2Cc2ccccc2)cc1. The number of carbonyl (C=O) groups is 2. The second-order valence-corrected chi connectivity index (χ2v) is 9.18. The standard InChI is InChI=1S/C27H24N4O2S/c32-25-18-34-27(31(25)17-21-4-2-1-3-5-21)23-10-8-22(9-11-23)26(33)29-16-20-6-12-24(13-7-20)30-15-14-28-19-30/h1-15,19,27H,16-18H2,(H,29,33)/t27-/m0/s1. The van der Waals surface area contributed by atoms with Crippen LogP contribution in [-0.4, -0.2) is 32.0 Å². The molecule has 1 aliphatic heterocycles. The molecule has 1 aromatic heterocycles. The molecule has 0 saturated carbocycles. The van der Waals surface area contributed by atoms with Crippen molar-refractivity contribution in [3.8, 4) is 5.69 Å². The summed E-state index contributed by atoms with van der Waals surface area (Å²) in [6, 6.07) is 25.6. The summed E-state index contributed by atoms with van der Waals surface area (Å²) in [6.07, 6.45) is 5.38. The first-order valence-corrected chi connectivity index (χ1v) is 12.1. The van der Waals surface area contributed by atoms with Gasteiger partial charge in [0.1, 0.15) is 5.37 Å². The van der Waals surface area contributed by atoms with E-state index in [9.17, 15) is 9.59 Å². The minimum absolute atomic E-state index is 0.0428. The lowest BCUT2D eigenvalue weighted by atomic mass is 10.1. The first-order valence-electron chi connectivity index (χ1n) is 11.1. The lowest BCUT2D eigenvalue weighted by Gasteiger charge is -2.24. The topological polar surface area (TPSA) is 67.2 Å². The second-order valence-electron chi connectivity index (χ2n) is 8.11. The Morgan fingerprint density at radius 3 is 2.44 bits per heavy atom. The normalized spacial score (nSPS) is 15.5. The van der Waals surface area contributed by atoms with Crippen LogP contribution in [0.15, 0.2) is 97.6 Å². The van der Waals surface area contributed by atoms with E-state index in [2.05, 4.69) is 10.3 Å². The predicted molar refractivity (Wildman–Crippen MR) is 133 cm³/mol. The molecular weight excluding hydrogens is 444 g/mol. The van der Waals surface area contributed by atoms with Crippen molar-refractivity contribution in [3.05, 3.63) is 120 Å². The molecule has 7 heteroatoms. The Labute approximate surface area is 202 Å². The summed E-state index contributed by atoms with van der Waals surface area (Å²) in [7, 11) is 0. The van der Waals surface area contributed by atoms with Crippen molar-refractivity contribution < 1.29 is 9.59 Å². The van der Waals surface area contributed by atoms with Gasteiger partial charge in [-0.15, -0.1) is 11.8 Å². The van der Waals surface area contributed by atoms with Crippen LogP contribution in [0.25, 0.3) is 5.69 Å². The van der Waals surface area contributed by atoms with Crippen molar-refractivity contribution in [1.29, 1.82) is 0 Å². The van der Waals surface area contributed by atoms with Crippen LogP contribution >= 0.6 is 11.8 Å². The molecule has 2 heterocycles. The Morgan fingerprint density at radius 1 is 0.971 bits per heavy atom. The van der Waals surface area contributed by atoms with E-state index in [-0.39, 0.29) is 17.2 Å². The molecule has 34 heavy (non-hydrogen) atoms. The van der Waals surface area contributed by atoms with E-state index in [1.807, 2.05) is 94.5 Å². The number of thioether (sulfide) groups is 1. The predicted octanol–water partition coefficient (Wildman–Crippen LogP) is 4.58. The second kappa shape index (κ2) is 9.97. The highest BCUT2D eigenvalue weighted by Gasteiger charge is 2.32. The van der Waals surface area contributed by atoms with E-state index in [0.29, 0.717) is 24.4 Å². The maximum absolute atomic E-state index is 12.7. The molecule has 0 spiro atoms. The Balaban J connectivity index is 1.20. The minimum atomic E-state index is -0.124. The van der Waals surface area contributed by atoms with Crippen molar-refractivity contribution in [2.24, 2.45) is 0 Å². The Morgan fingerprint density at radius 2 is 1.74 bits per heavy atom. The van der Waals surface area contributed by atoms with E-state index in [1.165, 1.54) is 0 Å². The van der Waals surface area contributed by atoms with Crippen molar-refractivity contribution in [2.75, 3.05) is 5.75 Å². The van der Waals surface area contributed by atoms with Crippen LogP contribution in [0.5, 0.6) is 0 Å². The zero-order chi connectivity index (χ0) is 23.3. The number of hydrogen-bond acceptors (Lipinski definition) is 4. The fourth-order valence-corrected chi connectivity index (χ4v) is 5.15. The molecule has 1 atom stereocenters. The van der Waals surface area contributed by atoms with Crippen LogP contribution in [0, 0.1) is 0 Å². The Bertz CT molecular complexity index is 1260. The molecule has 0 unspecified atom stereocenters. The minimum Gasteiger partial charge on any atom is -0.348 e. The molecule has 170 valence electrons. The molecule has 2 amide bonds. The third kappa shape index (κ3) is 4.89. The van der Waals surface area contributed by atoms with Crippen LogP contribution < -0.4 is 5.32 Å². The molecule has 1 saturated heterocycles. The van der Waals surface area contributed by atoms with Gasteiger partial charge in [-0.1, -0.05) is 54.6 Å². The number of nitrogens with zero attached hydrogens (tertiary/aromatic N) is 3. The average Bonchev–Trinajstić information content (AvgIpc) is 3.54. The highest BCUT2D eigenvalue weighted by Crippen LogP contribution is 2.39. The zero-order valence-electron chi connectivity index (χ0n) is 18.5. The molecule has 0 bridgehead atoms. The van der Waals surface area contributed by atoms with Gasteiger partial charge < -0.3 is 14.8 Å². The Kier molecular flexibility index (Phi) is 6.44. The molecular formula is C27H24N4O2S. The van der Waals surface area contributed by atoms with Gasteiger partial charge in [-0.05, 0) is 41.0 Å². The third-order valence-corrected chi connectivity index (χ3v) is 7.07. The highest BCUT2D eigenvalue weighted by atomic mass is 32.2. The maximum atomic E-state index is 12.7. The molecule has 0 aliphatic carbocycles. The number of hydrogen-bond donors (Lipinski definition) is 1. The van der Waals surface area contributed by atoms with Crippen molar-refractivity contribution in [2.45, 2.75) is 18.5 Å². The van der Waals surface area contributed by atoms with Gasteiger partial charge in [0, 0.05) is 36.7 Å². The molecule has 0 radical (unpaired) electrons. The van der Waals surface area contributed by atoms with Crippen molar-refractivity contribution >= 4 is 23.6 Å². The van der Waals surface area contributed by atoms with Crippen LogP contribution in [0.3, 0.4) is 0 Å². The third-order valence-electron chi connectivity index (χ3n) is 5.81. The average molecular weight is 469 g/mol. The summed E-state index contributed by atoms with van der Waals surface area (Å²) in [4.78, 5) is 31.1. The van der Waals surface area contributed by atoms with Crippen LogP contribution in [0.4, 0.5) is 0 Å². The van der Waals surface area contributed by atoms with E-state index in [4.69, 9.17) is 0 Å². The van der Waals surface area contributed by atoms with Gasteiger partial charge in [-0.3, -0.25) is 9.59 Å². The van der Waals surface area contributed by atoms with Gasteiger partial charge >= 0.3 is 0 Å². The molecule has 1 N–H and O–H groups in total. The fourth-order valence-electron chi connectivity index (χ4n) is 3.96. The summed E-state index contributed by atoms with van der Waals surface area (Å²) < 4.78 is 1.93. The maximum Gasteiger partial charge on any atom is 0.251 e. The summed E-state index contributed by atoms with van der Waals surface area (Å²) in [5.41, 5.74) is 4.78. The lowest BCUT2D eigenvalue weighted by molar-refractivity contribution is -0.128.